The zero-order valence-corrected chi connectivity index (χ0v) is 12.4. The van der Waals surface area contributed by atoms with E-state index < -0.39 is 6.10 Å². The van der Waals surface area contributed by atoms with Crippen molar-refractivity contribution in [2.45, 2.75) is 51.6 Å². The Morgan fingerprint density at radius 2 is 1.89 bits per heavy atom. The molecule has 2 rings (SSSR count). The van der Waals surface area contributed by atoms with Gasteiger partial charge in [0, 0.05) is 6.54 Å². The topological polar surface area (TPSA) is 32.3 Å². The Kier molecular flexibility index (Phi) is 4.64. The van der Waals surface area contributed by atoms with Gasteiger partial charge in [-0.1, -0.05) is 38.1 Å². The van der Waals surface area contributed by atoms with E-state index in [-0.39, 0.29) is 0 Å². The minimum absolute atomic E-state index is 0.392. The minimum Gasteiger partial charge on any atom is -0.387 e. The van der Waals surface area contributed by atoms with E-state index in [1.165, 1.54) is 31.2 Å². The maximum atomic E-state index is 10.3. The van der Waals surface area contributed by atoms with Crippen molar-refractivity contribution in [2.75, 3.05) is 13.6 Å². The van der Waals surface area contributed by atoms with Crippen LogP contribution in [-0.2, 0) is 0 Å². The summed E-state index contributed by atoms with van der Waals surface area (Å²) in [6.45, 7) is 5.35. The van der Waals surface area contributed by atoms with Gasteiger partial charge >= 0.3 is 0 Å². The van der Waals surface area contributed by atoms with Crippen LogP contribution in [0.5, 0.6) is 0 Å². The first-order valence-electron chi connectivity index (χ1n) is 7.45. The smallest absolute Gasteiger partial charge is 0.0917 e. The van der Waals surface area contributed by atoms with Gasteiger partial charge in [0.2, 0.25) is 0 Å². The first kappa shape index (κ1) is 14.5. The van der Waals surface area contributed by atoms with Gasteiger partial charge in [0.05, 0.1) is 6.10 Å². The van der Waals surface area contributed by atoms with Gasteiger partial charge in [-0.2, -0.15) is 0 Å². The van der Waals surface area contributed by atoms with Crippen LogP contribution in [0.15, 0.2) is 24.3 Å². The second kappa shape index (κ2) is 6.06. The molecule has 1 saturated carbocycles. The Morgan fingerprint density at radius 1 is 1.26 bits per heavy atom. The van der Waals surface area contributed by atoms with Gasteiger partial charge in [-0.15, -0.1) is 0 Å². The Balaban J connectivity index is 2.16. The molecule has 0 saturated heterocycles. The molecule has 1 unspecified atom stereocenters. The number of rotatable bonds is 4. The van der Waals surface area contributed by atoms with Crippen molar-refractivity contribution in [1.82, 2.24) is 5.32 Å². The third kappa shape index (κ3) is 3.58. The van der Waals surface area contributed by atoms with E-state index in [0.29, 0.717) is 17.9 Å². The van der Waals surface area contributed by atoms with Crippen LogP contribution >= 0.6 is 0 Å². The lowest BCUT2D eigenvalue weighted by Crippen LogP contribution is -2.22. The van der Waals surface area contributed by atoms with Gasteiger partial charge in [-0.3, -0.25) is 0 Å². The summed E-state index contributed by atoms with van der Waals surface area (Å²) >= 11 is 0. The Labute approximate surface area is 117 Å². The molecule has 1 atom stereocenters. The van der Waals surface area contributed by atoms with Crippen LogP contribution in [0.4, 0.5) is 0 Å². The molecule has 0 aliphatic heterocycles. The highest BCUT2D eigenvalue weighted by atomic mass is 16.3. The van der Waals surface area contributed by atoms with Crippen molar-refractivity contribution in [2.24, 2.45) is 5.41 Å². The highest BCUT2D eigenvalue weighted by Crippen LogP contribution is 2.43. The second-order valence-electron chi connectivity index (χ2n) is 6.64. The molecule has 0 bridgehead atoms. The predicted molar refractivity (Wildman–Crippen MR) is 80.3 cm³/mol. The molecule has 2 N–H and O–H groups in total. The van der Waals surface area contributed by atoms with Crippen LogP contribution in [0.1, 0.15) is 62.7 Å². The lowest BCUT2D eigenvalue weighted by Gasteiger charge is -2.35. The fraction of sp³-hybridized carbons (Fsp3) is 0.647. The van der Waals surface area contributed by atoms with E-state index in [1.54, 1.807) is 0 Å². The average molecular weight is 261 g/mol. The van der Waals surface area contributed by atoms with Crippen LogP contribution in [0.2, 0.25) is 0 Å². The summed E-state index contributed by atoms with van der Waals surface area (Å²) in [4.78, 5) is 0. The molecule has 1 aliphatic rings. The maximum absolute atomic E-state index is 10.3. The highest BCUT2D eigenvalue weighted by Gasteiger charge is 2.29. The van der Waals surface area contributed by atoms with Crippen molar-refractivity contribution in [3.63, 3.8) is 0 Å². The SMILES string of the molecule is CNCC(O)c1ccccc1C1CCC(C)(C)CC1. The van der Waals surface area contributed by atoms with Gasteiger partial charge in [0.25, 0.3) is 0 Å². The summed E-state index contributed by atoms with van der Waals surface area (Å²) in [5, 5.41) is 13.3. The van der Waals surface area contributed by atoms with Gasteiger partial charge in [0.15, 0.2) is 0 Å². The predicted octanol–water partition coefficient (Wildman–Crippen LogP) is 3.62. The molecule has 106 valence electrons. The van der Waals surface area contributed by atoms with Gasteiger partial charge in [-0.25, -0.2) is 0 Å². The summed E-state index contributed by atoms with van der Waals surface area (Å²) in [5.41, 5.74) is 2.97. The lowest BCUT2D eigenvalue weighted by atomic mass is 9.70. The quantitative estimate of drug-likeness (QED) is 0.867. The molecule has 1 aliphatic carbocycles. The number of aliphatic hydroxyl groups excluding tert-OH is 1. The molecule has 0 amide bonds. The molecule has 1 fully saturated rings. The van der Waals surface area contributed by atoms with E-state index >= 15 is 0 Å². The van der Waals surface area contributed by atoms with Crippen LogP contribution in [-0.4, -0.2) is 18.7 Å². The standard InChI is InChI=1S/C17H27NO/c1-17(2)10-8-13(9-11-17)14-6-4-5-7-15(14)16(19)12-18-3/h4-7,13,16,18-19H,8-12H2,1-3H3. The summed E-state index contributed by atoms with van der Waals surface area (Å²) < 4.78 is 0. The highest BCUT2D eigenvalue weighted by molar-refractivity contribution is 5.33. The molecule has 1 aromatic rings. The van der Waals surface area contributed by atoms with E-state index in [9.17, 15) is 5.11 Å². The van der Waals surface area contributed by atoms with Crippen molar-refractivity contribution >= 4 is 0 Å². The van der Waals surface area contributed by atoms with Gasteiger partial charge in [-0.05, 0) is 55.2 Å². The summed E-state index contributed by atoms with van der Waals surface area (Å²) in [7, 11) is 1.88. The number of hydrogen-bond acceptors (Lipinski definition) is 2. The average Bonchev–Trinajstić information content (AvgIpc) is 2.39. The van der Waals surface area contributed by atoms with E-state index in [4.69, 9.17) is 0 Å². The first-order valence-corrected chi connectivity index (χ1v) is 7.45. The third-order valence-corrected chi connectivity index (χ3v) is 4.53. The van der Waals surface area contributed by atoms with E-state index in [1.807, 2.05) is 13.1 Å². The Bertz CT molecular complexity index is 403. The lowest BCUT2D eigenvalue weighted by molar-refractivity contribution is 0.173. The zero-order chi connectivity index (χ0) is 13.9. The molecule has 0 heterocycles. The number of aliphatic hydroxyl groups is 1. The van der Waals surface area contributed by atoms with Gasteiger partial charge < -0.3 is 10.4 Å². The minimum atomic E-state index is -0.392. The van der Waals surface area contributed by atoms with E-state index in [2.05, 4.69) is 37.4 Å². The van der Waals surface area contributed by atoms with E-state index in [0.717, 1.165) is 5.56 Å². The molecule has 1 aromatic carbocycles. The second-order valence-corrected chi connectivity index (χ2v) is 6.64. The third-order valence-electron chi connectivity index (χ3n) is 4.53. The van der Waals surface area contributed by atoms with Crippen molar-refractivity contribution in [3.05, 3.63) is 35.4 Å². The van der Waals surface area contributed by atoms with Crippen LogP contribution in [0, 0.1) is 5.41 Å². The molecule has 19 heavy (non-hydrogen) atoms. The van der Waals surface area contributed by atoms with Crippen LogP contribution in [0.25, 0.3) is 0 Å². The Hall–Kier alpha value is -0.860. The number of likely N-dealkylation sites (N-methyl/N-ethyl adjacent to an activating group) is 1. The molecule has 2 nitrogen and oxygen atoms in total. The molecule has 0 radical (unpaired) electrons. The monoisotopic (exact) mass is 261 g/mol. The van der Waals surface area contributed by atoms with Gasteiger partial charge in [0.1, 0.15) is 0 Å². The number of nitrogens with one attached hydrogen (secondary N) is 1. The fourth-order valence-corrected chi connectivity index (χ4v) is 3.20. The van der Waals surface area contributed by atoms with Crippen molar-refractivity contribution < 1.29 is 5.11 Å². The largest absolute Gasteiger partial charge is 0.387 e. The molecular formula is C17H27NO. The normalized spacial score (nSPS) is 21.3. The van der Waals surface area contributed by atoms with Crippen molar-refractivity contribution in [3.8, 4) is 0 Å². The van der Waals surface area contributed by atoms with Crippen molar-refractivity contribution in [1.29, 1.82) is 0 Å². The number of hydrogen-bond donors (Lipinski definition) is 2. The number of benzene rings is 1. The molecule has 2 heteroatoms. The summed E-state index contributed by atoms with van der Waals surface area (Å²) in [6, 6.07) is 8.42. The van der Waals surface area contributed by atoms with Crippen LogP contribution in [0.3, 0.4) is 0 Å². The zero-order valence-electron chi connectivity index (χ0n) is 12.4. The first-order chi connectivity index (χ1) is 9.03. The fourth-order valence-electron chi connectivity index (χ4n) is 3.20. The summed E-state index contributed by atoms with van der Waals surface area (Å²) in [5.74, 6) is 0.621. The molecular weight excluding hydrogens is 234 g/mol. The maximum Gasteiger partial charge on any atom is 0.0917 e. The summed E-state index contributed by atoms with van der Waals surface area (Å²) in [6.07, 6.45) is 4.67. The Morgan fingerprint density at radius 3 is 2.53 bits per heavy atom. The molecule has 0 spiro atoms. The molecule has 0 aromatic heterocycles. The van der Waals surface area contributed by atoms with Crippen LogP contribution < -0.4 is 5.32 Å².